The van der Waals surface area contributed by atoms with Gasteiger partial charge < -0.3 is 0 Å². The molecule has 2 rings (SSSR count). The predicted molar refractivity (Wildman–Crippen MR) is 57.6 cm³/mol. The molecule has 13 heavy (non-hydrogen) atoms. The average molecular weight is 180 g/mol. The summed E-state index contributed by atoms with van der Waals surface area (Å²) in [5.74, 6) is 2.80. The van der Waals surface area contributed by atoms with Crippen molar-refractivity contribution in [1.82, 2.24) is 0 Å². The fraction of sp³-hybridized carbons (Fsp3) is 1.00. The molecule has 2 atom stereocenters. The number of fused-ring (bicyclic) bond motifs is 2. The second-order valence-electron chi connectivity index (χ2n) is 6.41. The Labute approximate surface area is 83.1 Å². The van der Waals surface area contributed by atoms with Crippen molar-refractivity contribution in [3.05, 3.63) is 0 Å². The van der Waals surface area contributed by atoms with Crippen LogP contribution in [0.5, 0.6) is 0 Å². The highest BCUT2D eigenvalue weighted by Gasteiger charge is 2.60. The molecule has 2 aliphatic carbocycles. The lowest BCUT2D eigenvalue weighted by Crippen LogP contribution is -2.30. The van der Waals surface area contributed by atoms with Crippen LogP contribution in [0.15, 0.2) is 0 Å². The lowest BCUT2D eigenvalue weighted by molar-refractivity contribution is 0.114. The van der Waals surface area contributed by atoms with Crippen LogP contribution in [0.3, 0.4) is 0 Å². The molecule has 2 fully saturated rings. The summed E-state index contributed by atoms with van der Waals surface area (Å²) in [7, 11) is 0. The zero-order chi connectivity index (χ0) is 9.85. The molecule has 0 aliphatic heterocycles. The molecule has 0 amide bonds. The molecule has 2 saturated carbocycles. The molecule has 2 unspecified atom stereocenters. The lowest BCUT2D eigenvalue weighted by Gasteiger charge is -2.38. The Morgan fingerprint density at radius 3 is 1.77 bits per heavy atom. The average Bonchev–Trinajstić information content (AvgIpc) is 2.38. The van der Waals surface area contributed by atoms with Crippen molar-refractivity contribution in [3.8, 4) is 0 Å². The molecule has 0 spiro atoms. The molecule has 0 heterocycles. The number of hydrogen-bond acceptors (Lipinski definition) is 0. The second kappa shape index (κ2) is 2.52. The normalized spacial score (nSPS) is 54.9. The van der Waals surface area contributed by atoms with Crippen LogP contribution >= 0.6 is 0 Å². The van der Waals surface area contributed by atoms with E-state index in [0.717, 1.165) is 17.8 Å². The van der Waals surface area contributed by atoms with Crippen molar-refractivity contribution in [3.63, 3.8) is 0 Å². The molecular weight excluding hydrogens is 156 g/mol. The minimum absolute atomic E-state index is 0.671. The maximum atomic E-state index is 2.53. The fourth-order valence-electron chi connectivity index (χ4n) is 4.18. The van der Waals surface area contributed by atoms with Crippen molar-refractivity contribution >= 4 is 0 Å². The van der Waals surface area contributed by atoms with E-state index in [1.54, 1.807) is 0 Å². The van der Waals surface area contributed by atoms with E-state index in [2.05, 4.69) is 34.6 Å². The fourth-order valence-corrected chi connectivity index (χ4v) is 4.18. The zero-order valence-corrected chi connectivity index (χ0v) is 9.85. The maximum absolute atomic E-state index is 2.53. The molecule has 2 aliphatic rings. The van der Waals surface area contributed by atoms with Crippen LogP contribution in [-0.4, -0.2) is 0 Å². The quantitative estimate of drug-likeness (QED) is 0.570. The first-order valence-corrected chi connectivity index (χ1v) is 5.91. The Kier molecular flexibility index (Phi) is 1.85. The van der Waals surface area contributed by atoms with E-state index in [9.17, 15) is 0 Å². The van der Waals surface area contributed by atoms with Crippen LogP contribution < -0.4 is 0 Å². The minimum atomic E-state index is 0.671. The van der Waals surface area contributed by atoms with Crippen LogP contribution in [0.1, 0.15) is 53.9 Å². The monoisotopic (exact) mass is 180 g/mol. The predicted octanol–water partition coefficient (Wildman–Crippen LogP) is 4.10. The van der Waals surface area contributed by atoms with Gasteiger partial charge in [0.25, 0.3) is 0 Å². The van der Waals surface area contributed by atoms with Gasteiger partial charge in [-0.1, -0.05) is 34.6 Å². The summed E-state index contributed by atoms with van der Waals surface area (Å²) in [5, 5.41) is 0. The van der Waals surface area contributed by atoms with Gasteiger partial charge in [-0.25, -0.2) is 0 Å². The first-order valence-electron chi connectivity index (χ1n) is 5.91. The standard InChI is InChI=1S/C13H24/c1-9(2)13-6-10(3)12(5,8-13)11(4)7-13/h9-11H,6-8H2,1-5H3. The number of hydrogen-bond donors (Lipinski definition) is 0. The molecule has 0 N–H and O–H groups in total. The first-order chi connectivity index (χ1) is 5.91. The summed E-state index contributed by atoms with van der Waals surface area (Å²) in [6.07, 6.45) is 4.48. The molecule has 0 radical (unpaired) electrons. The van der Waals surface area contributed by atoms with Crippen molar-refractivity contribution in [2.75, 3.05) is 0 Å². The summed E-state index contributed by atoms with van der Waals surface area (Å²) in [6.45, 7) is 12.3. The minimum Gasteiger partial charge on any atom is -0.0622 e. The summed E-state index contributed by atoms with van der Waals surface area (Å²) in [5.41, 5.74) is 1.39. The van der Waals surface area contributed by atoms with Gasteiger partial charge in [0.1, 0.15) is 0 Å². The molecule has 0 aromatic carbocycles. The molecule has 0 aromatic heterocycles. The van der Waals surface area contributed by atoms with E-state index in [-0.39, 0.29) is 0 Å². The van der Waals surface area contributed by atoms with E-state index in [1.807, 2.05) is 0 Å². The Hall–Kier alpha value is 0. The van der Waals surface area contributed by atoms with E-state index in [1.165, 1.54) is 19.3 Å². The summed E-state index contributed by atoms with van der Waals surface area (Å²) in [6, 6.07) is 0. The van der Waals surface area contributed by atoms with Gasteiger partial charge in [0.2, 0.25) is 0 Å². The van der Waals surface area contributed by atoms with Crippen LogP contribution in [0.25, 0.3) is 0 Å². The Morgan fingerprint density at radius 2 is 1.54 bits per heavy atom. The molecule has 0 aromatic rings. The van der Waals surface area contributed by atoms with Gasteiger partial charge in [-0.15, -0.1) is 0 Å². The second-order valence-corrected chi connectivity index (χ2v) is 6.41. The number of rotatable bonds is 1. The SMILES string of the molecule is CC(C)C12CC(C)C(C)(C1)C(C)C2. The van der Waals surface area contributed by atoms with E-state index in [4.69, 9.17) is 0 Å². The van der Waals surface area contributed by atoms with Crippen molar-refractivity contribution in [1.29, 1.82) is 0 Å². The summed E-state index contributed by atoms with van der Waals surface area (Å²) in [4.78, 5) is 0. The van der Waals surface area contributed by atoms with Gasteiger partial charge in [0, 0.05) is 0 Å². The third-order valence-corrected chi connectivity index (χ3v) is 5.63. The van der Waals surface area contributed by atoms with Crippen LogP contribution in [-0.2, 0) is 0 Å². The highest BCUT2D eigenvalue weighted by Crippen LogP contribution is 2.68. The van der Waals surface area contributed by atoms with E-state index >= 15 is 0 Å². The van der Waals surface area contributed by atoms with Crippen molar-refractivity contribution in [2.45, 2.75) is 53.9 Å². The third-order valence-electron chi connectivity index (χ3n) is 5.63. The van der Waals surface area contributed by atoms with Crippen LogP contribution in [0, 0.1) is 28.6 Å². The van der Waals surface area contributed by atoms with Crippen molar-refractivity contribution < 1.29 is 0 Å². The third kappa shape index (κ3) is 1.04. The lowest BCUT2D eigenvalue weighted by atomic mass is 9.67. The van der Waals surface area contributed by atoms with Crippen LogP contribution in [0.4, 0.5) is 0 Å². The topological polar surface area (TPSA) is 0 Å². The molecular formula is C13H24. The summed E-state index contributed by atoms with van der Waals surface area (Å²) >= 11 is 0. The zero-order valence-electron chi connectivity index (χ0n) is 9.85. The van der Waals surface area contributed by atoms with Gasteiger partial charge in [0.15, 0.2) is 0 Å². The van der Waals surface area contributed by atoms with E-state index < -0.39 is 0 Å². The molecule has 0 heteroatoms. The molecule has 0 nitrogen and oxygen atoms in total. The van der Waals surface area contributed by atoms with Crippen LogP contribution in [0.2, 0.25) is 0 Å². The van der Waals surface area contributed by atoms with Gasteiger partial charge in [-0.2, -0.15) is 0 Å². The Bertz CT molecular complexity index is 202. The molecule has 2 bridgehead atoms. The van der Waals surface area contributed by atoms with Gasteiger partial charge in [-0.05, 0) is 47.8 Å². The largest absolute Gasteiger partial charge is 0.0622 e. The smallest absolute Gasteiger partial charge is 0.0264 e. The van der Waals surface area contributed by atoms with Gasteiger partial charge in [0.05, 0.1) is 0 Å². The van der Waals surface area contributed by atoms with Gasteiger partial charge in [-0.3, -0.25) is 0 Å². The highest BCUT2D eigenvalue weighted by atomic mass is 14.6. The Balaban J connectivity index is 2.31. The molecule has 76 valence electrons. The maximum Gasteiger partial charge on any atom is -0.0264 e. The highest BCUT2D eigenvalue weighted by molar-refractivity contribution is 5.09. The Morgan fingerprint density at radius 1 is 1.08 bits per heavy atom. The van der Waals surface area contributed by atoms with E-state index in [0.29, 0.717) is 10.8 Å². The van der Waals surface area contributed by atoms with Gasteiger partial charge >= 0.3 is 0 Å². The first kappa shape index (κ1) is 9.55. The van der Waals surface area contributed by atoms with Crippen molar-refractivity contribution in [2.24, 2.45) is 28.6 Å². The summed E-state index contributed by atoms with van der Waals surface area (Å²) < 4.78 is 0. The molecule has 0 saturated heterocycles.